The van der Waals surface area contributed by atoms with Crippen LogP contribution >= 0.6 is 0 Å². The summed E-state index contributed by atoms with van der Waals surface area (Å²) in [6.45, 7) is 7.21. The summed E-state index contributed by atoms with van der Waals surface area (Å²) < 4.78 is 0. The summed E-state index contributed by atoms with van der Waals surface area (Å²) in [6.07, 6.45) is 1.56. The van der Waals surface area contributed by atoms with Crippen molar-refractivity contribution < 1.29 is 14.5 Å². The Hall–Kier alpha value is -3.42. The van der Waals surface area contributed by atoms with E-state index in [1.807, 2.05) is 24.0 Å². The number of nitrogens with zero attached hydrogens (tertiary/aromatic N) is 3. The number of rotatable bonds is 7. The summed E-state index contributed by atoms with van der Waals surface area (Å²) in [6, 6.07) is 13.4. The molecule has 1 unspecified atom stereocenters. The molecule has 8 nitrogen and oxygen atoms in total. The van der Waals surface area contributed by atoms with Crippen LogP contribution in [0.15, 0.2) is 48.5 Å². The summed E-state index contributed by atoms with van der Waals surface area (Å²) in [5.74, 6) is 0.287. The second-order valence-corrected chi connectivity index (χ2v) is 8.55. The monoisotopic (exact) mass is 438 g/mol. The van der Waals surface area contributed by atoms with Gasteiger partial charge in [0.15, 0.2) is 0 Å². The molecule has 32 heavy (non-hydrogen) atoms. The van der Waals surface area contributed by atoms with E-state index in [0.717, 1.165) is 18.4 Å². The number of carbonyl (C=O) groups is 2. The fraction of sp³-hybridized carbons (Fsp3) is 0.417. The van der Waals surface area contributed by atoms with E-state index in [9.17, 15) is 19.7 Å². The third-order valence-corrected chi connectivity index (χ3v) is 5.83. The molecule has 1 heterocycles. The lowest BCUT2D eigenvalue weighted by atomic mass is 9.93. The molecular weight excluding hydrogens is 408 g/mol. The molecule has 3 amide bonds. The molecule has 0 radical (unpaired) electrons. The Morgan fingerprint density at radius 1 is 1.19 bits per heavy atom. The van der Waals surface area contributed by atoms with E-state index < -0.39 is 11.0 Å². The average Bonchev–Trinajstić information content (AvgIpc) is 2.77. The molecule has 0 saturated heterocycles. The standard InChI is InChI=1S/C24H30N4O4/c1-17(2)12-14-26(24(30)25-20-8-10-21(11-9-20)28(31)32)16-23(29)27-15-13-19-6-4-5-7-22(19)18(27)3/h4-11,17-18H,12-16H2,1-3H3,(H,25,30). The van der Waals surface area contributed by atoms with Crippen LogP contribution in [0.5, 0.6) is 0 Å². The number of hydrogen-bond acceptors (Lipinski definition) is 4. The fourth-order valence-corrected chi connectivity index (χ4v) is 3.90. The summed E-state index contributed by atoms with van der Waals surface area (Å²) in [7, 11) is 0. The Labute approximate surface area is 188 Å². The van der Waals surface area contributed by atoms with Gasteiger partial charge in [-0.3, -0.25) is 14.9 Å². The van der Waals surface area contributed by atoms with Gasteiger partial charge >= 0.3 is 6.03 Å². The van der Waals surface area contributed by atoms with Gasteiger partial charge in [-0.2, -0.15) is 0 Å². The van der Waals surface area contributed by atoms with Gasteiger partial charge in [0.05, 0.1) is 11.0 Å². The highest BCUT2D eigenvalue weighted by atomic mass is 16.6. The lowest BCUT2D eigenvalue weighted by molar-refractivity contribution is -0.384. The molecule has 1 N–H and O–H groups in total. The number of non-ortho nitro benzene ring substituents is 1. The van der Waals surface area contributed by atoms with Gasteiger partial charge in [0.1, 0.15) is 6.54 Å². The fourth-order valence-electron chi connectivity index (χ4n) is 3.90. The smallest absolute Gasteiger partial charge is 0.322 e. The maximum atomic E-state index is 13.2. The van der Waals surface area contributed by atoms with Crippen molar-refractivity contribution in [3.05, 3.63) is 69.8 Å². The first-order chi connectivity index (χ1) is 15.3. The van der Waals surface area contributed by atoms with Gasteiger partial charge < -0.3 is 15.1 Å². The number of anilines is 1. The lowest BCUT2D eigenvalue weighted by Gasteiger charge is -2.36. The molecule has 2 aromatic rings. The second kappa shape index (κ2) is 10.3. The van der Waals surface area contributed by atoms with Gasteiger partial charge in [-0.05, 0) is 48.9 Å². The van der Waals surface area contributed by atoms with E-state index in [1.165, 1.54) is 34.7 Å². The predicted molar refractivity (Wildman–Crippen MR) is 123 cm³/mol. The number of carbonyl (C=O) groups excluding carboxylic acids is 2. The first kappa shape index (κ1) is 23.2. The zero-order chi connectivity index (χ0) is 23.3. The molecule has 0 aromatic heterocycles. The molecule has 8 heteroatoms. The van der Waals surface area contributed by atoms with E-state index in [1.54, 1.807) is 0 Å². The van der Waals surface area contributed by atoms with E-state index in [2.05, 4.69) is 31.3 Å². The van der Waals surface area contributed by atoms with Crippen molar-refractivity contribution in [1.82, 2.24) is 9.80 Å². The van der Waals surface area contributed by atoms with Gasteiger partial charge in [0.2, 0.25) is 5.91 Å². The van der Waals surface area contributed by atoms with E-state index >= 15 is 0 Å². The second-order valence-electron chi connectivity index (χ2n) is 8.55. The SMILES string of the molecule is CC(C)CCN(CC(=O)N1CCc2ccccc2C1C)C(=O)Nc1ccc([N+](=O)[O-])cc1. The molecule has 0 saturated carbocycles. The van der Waals surface area contributed by atoms with Crippen molar-refractivity contribution in [2.45, 2.75) is 39.7 Å². The number of nitrogens with one attached hydrogen (secondary N) is 1. The molecule has 1 aliphatic heterocycles. The number of urea groups is 1. The topological polar surface area (TPSA) is 95.8 Å². The third-order valence-electron chi connectivity index (χ3n) is 5.83. The molecule has 0 bridgehead atoms. The quantitative estimate of drug-likeness (QED) is 0.504. The number of benzene rings is 2. The lowest BCUT2D eigenvalue weighted by Crippen LogP contribution is -2.47. The number of amides is 3. The highest BCUT2D eigenvalue weighted by molar-refractivity contribution is 5.92. The van der Waals surface area contributed by atoms with Crippen LogP contribution in [0.25, 0.3) is 0 Å². The summed E-state index contributed by atoms with van der Waals surface area (Å²) in [5, 5.41) is 13.6. The maximum absolute atomic E-state index is 13.2. The minimum absolute atomic E-state index is 0.0158. The maximum Gasteiger partial charge on any atom is 0.322 e. The van der Waals surface area contributed by atoms with Crippen molar-refractivity contribution in [3.63, 3.8) is 0 Å². The summed E-state index contributed by atoms with van der Waals surface area (Å²) in [5.41, 5.74) is 2.81. The van der Waals surface area contributed by atoms with Crippen LogP contribution < -0.4 is 5.32 Å². The average molecular weight is 439 g/mol. The molecule has 2 aromatic carbocycles. The van der Waals surface area contributed by atoms with Crippen molar-refractivity contribution in [3.8, 4) is 0 Å². The van der Waals surface area contributed by atoms with Crippen LogP contribution in [-0.4, -0.2) is 46.3 Å². The molecule has 0 fully saturated rings. The predicted octanol–water partition coefficient (Wildman–Crippen LogP) is 4.62. The van der Waals surface area contributed by atoms with Crippen LogP contribution in [0, 0.1) is 16.0 Å². The van der Waals surface area contributed by atoms with Crippen molar-refractivity contribution in [2.24, 2.45) is 5.92 Å². The Kier molecular flexibility index (Phi) is 7.45. The minimum Gasteiger partial charge on any atom is -0.334 e. The number of nitro groups is 1. The zero-order valence-electron chi connectivity index (χ0n) is 18.8. The van der Waals surface area contributed by atoms with Crippen LogP contribution in [0.3, 0.4) is 0 Å². The van der Waals surface area contributed by atoms with Gasteiger partial charge in [-0.25, -0.2) is 4.79 Å². The molecule has 0 spiro atoms. The van der Waals surface area contributed by atoms with Crippen molar-refractivity contribution in [2.75, 3.05) is 25.0 Å². The van der Waals surface area contributed by atoms with Crippen LogP contribution in [-0.2, 0) is 11.2 Å². The molecule has 3 rings (SSSR count). The Balaban J connectivity index is 1.70. The number of fused-ring (bicyclic) bond motifs is 1. The van der Waals surface area contributed by atoms with Gasteiger partial charge in [-0.1, -0.05) is 38.1 Å². The molecular formula is C24H30N4O4. The highest BCUT2D eigenvalue weighted by Gasteiger charge is 2.29. The normalized spacial score (nSPS) is 15.2. The first-order valence-electron chi connectivity index (χ1n) is 10.9. The number of nitro benzene ring substituents is 1. The van der Waals surface area contributed by atoms with E-state index in [-0.39, 0.29) is 24.2 Å². The molecule has 1 aliphatic rings. The summed E-state index contributed by atoms with van der Waals surface area (Å²) >= 11 is 0. The first-order valence-corrected chi connectivity index (χ1v) is 10.9. The summed E-state index contributed by atoms with van der Waals surface area (Å²) in [4.78, 5) is 39.8. The van der Waals surface area contributed by atoms with E-state index in [0.29, 0.717) is 24.7 Å². The molecule has 0 aliphatic carbocycles. The van der Waals surface area contributed by atoms with Crippen molar-refractivity contribution >= 4 is 23.3 Å². The largest absolute Gasteiger partial charge is 0.334 e. The molecule has 170 valence electrons. The van der Waals surface area contributed by atoms with Crippen LogP contribution in [0.1, 0.15) is 44.4 Å². The Morgan fingerprint density at radius 2 is 1.88 bits per heavy atom. The molecule has 1 atom stereocenters. The highest BCUT2D eigenvalue weighted by Crippen LogP contribution is 2.29. The van der Waals surface area contributed by atoms with Gasteiger partial charge in [0.25, 0.3) is 5.69 Å². The van der Waals surface area contributed by atoms with Crippen molar-refractivity contribution in [1.29, 1.82) is 0 Å². The Morgan fingerprint density at radius 3 is 2.53 bits per heavy atom. The third kappa shape index (κ3) is 5.63. The van der Waals surface area contributed by atoms with Gasteiger partial charge in [-0.15, -0.1) is 0 Å². The van der Waals surface area contributed by atoms with Crippen LogP contribution in [0.2, 0.25) is 0 Å². The van der Waals surface area contributed by atoms with Crippen LogP contribution in [0.4, 0.5) is 16.2 Å². The Bertz CT molecular complexity index is 974. The number of hydrogen-bond donors (Lipinski definition) is 1. The zero-order valence-corrected chi connectivity index (χ0v) is 18.8. The van der Waals surface area contributed by atoms with Gasteiger partial charge in [0, 0.05) is 30.9 Å². The minimum atomic E-state index is -0.489. The van der Waals surface area contributed by atoms with E-state index in [4.69, 9.17) is 0 Å².